The first-order valence-corrected chi connectivity index (χ1v) is 6.93. The van der Waals surface area contributed by atoms with Crippen molar-refractivity contribution in [3.05, 3.63) is 64.7 Å². The van der Waals surface area contributed by atoms with Gasteiger partial charge in [0.25, 0.3) is 0 Å². The van der Waals surface area contributed by atoms with E-state index in [1.54, 1.807) is 0 Å². The molecule has 2 nitrogen and oxygen atoms in total. The van der Waals surface area contributed by atoms with E-state index >= 15 is 0 Å². The Kier molecular flexibility index (Phi) is 4.57. The topological polar surface area (TPSA) is 26.3 Å². The molecule has 0 aliphatic heterocycles. The monoisotopic (exact) mass is 268 g/mol. The molecule has 2 rings (SSSR count). The summed E-state index contributed by atoms with van der Waals surface area (Å²) < 4.78 is 5.69. The van der Waals surface area contributed by atoms with Gasteiger partial charge in [0.05, 0.1) is 0 Å². The number of rotatable bonds is 5. The highest BCUT2D eigenvalue weighted by atomic mass is 16.5. The van der Waals surface area contributed by atoms with Gasteiger partial charge in [0, 0.05) is 5.56 Å². The van der Waals surface area contributed by atoms with Gasteiger partial charge in [0.15, 0.2) is 12.4 Å². The maximum Gasteiger partial charge on any atom is 0.200 e. The standard InChI is InChI=1S/C18H20O2/c1-4-15-7-5-6-8-18(15)20-12-17(19)16-11-13(2)9-10-14(16)3/h5-11H,4,12H2,1-3H3. The smallest absolute Gasteiger partial charge is 0.200 e. The molecule has 2 aromatic rings. The molecule has 2 aromatic carbocycles. The van der Waals surface area contributed by atoms with Gasteiger partial charge in [-0.15, -0.1) is 0 Å². The third-order valence-electron chi connectivity index (χ3n) is 3.41. The van der Waals surface area contributed by atoms with E-state index in [9.17, 15) is 4.79 Å². The second-order valence-electron chi connectivity index (χ2n) is 4.99. The fraction of sp³-hybridized carbons (Fsp3) is 0.278. The second-order valence-corrected chi connectivity index (χ2v) is 4.99. The lowest BCUT2D eigenvalue weighted by atomic mass is 10.0. The van der Waals surface area contributed by atoms with Gasteiger partial charge in [0.1, 0.15) is 5.75 Å². The minimum absolute atomic E-state index is 0.0251. The van der Waals surface area contributed by atoms with Crippen molar-refractivity contribution in [3.63, 3.8) is 0 Å². The number of carbonyl (C=O) groups is 1. The summed E-state index contributed by atoms with van der Waals surface area (Å²) in [5.74, 6) is 0.825. The molecule has 0 N–H and O–H groups in total. The molecule has 0 saturated carbocycles. The lowest BCUT2D eigenvalue weighted by Gasteiger charge is -2.11. The highest BCUT2D eigenvalue weighted by molar-refractivity contribution is 5.98. The van der Waals surface area contributed by atoms with E-state index in [0.29, 0.717) is 0 Å². The van der Waals surface area contributed by atoms with Crippen molar-refractivity contribution in [1.82, 2.24) is 0 Å². The Morgan fingerprint density at radius 3 is 2.60 bits per heavy atom. The van der Waals surface area contributed by atoms with Crippen LogP contribution < -0.4 is 4.74 Å². The van der Waals surface area contributed by atoms with Gasteiger partial charge in [-0.05, 0) is 43.5 Å². The molecule has 0 aliphatic carbocycles. The molecule has 104 valence electrons. The van der Waals surface area contributed by atoms with Crippen molar-refractivity contribution in [2.24, 2.45) is 0 Å². The zero-order chi connectivity index (χ0) is 14.5. The van der Waals surface area contributed by atoms with Crippen LogP contribution in [-0.4, -0.2) is 12.4 Å². The van der Waals surface area contributed by atoms with Crippen LogP contribution in [0.25, 0.3) is 0 Å². The zero-order valence-electron chi connectivity index (χ0n) is 12.3. The van der Waals surface area contributed by atoms with E-state index in [1.807, 2.05) is 56.3 Å². The molecule has 2 heteroatoms. The Balaban J connectivity index is 2.11. The maximum absolute atomic E-state index is 12.3. The summed E-state index contributed by atoms with van der Waals surface area (Å²) in [4.78, 5) is 12.3. The van der Waals surface area contributed by atoms with Crippen LogP contribution in [0.5, 0.6) is 5.75 Å². The van der Waals surface area contributed by atoms with Crippen molar-refractivity contribution < 1.29 is 9.53 Å². The number of benzene rings is 2. The first kappa shape index (κ1) is 14.3. The van der Waals surface area contributed by atoms with E-state index < -0.39 is 0 Å². The number of ketones is 1. The minimum Gasteiger partial charge on any atom is -0.485 e. The summed E-state index contributed by atoms with van der Waals surface area (Å²) in [6.07, 6.45) is 0.897. The van der Waals surface area contributed by atoms with Gasteiger partial charge in [-0.3, -0.25) is 4.79 Å². The van der Waals surface area contributed by atoms with E-state index in [4.69, 9.17) is 4.74 Å². The Labute approximate surface area is 120 Å². The predicted octanol–water partition coefficient (Wildman–Crippen LogP) is 4.13. The quantitative estimate of drug-likeness (QED) is 0.762. The average molecular weight is 268 g/mol. The van der Waals surface area contributed by atoms with Crippen molar-refractivity contribution in [2.45, 2.75) is 27.2 Å². The number of ether oxygens (including phenoxy) is 1. The highest BCUT2D eigenvalue weighted by Gasteiger charge is 2.11. The van der Waals surface area contributed by atoms with Gasteiger partial charge >= 0.3 is 0 Å². The molecule has 20 heavy (non-hydrogen) atoms. The summed E-state index contributed by atoms with van der Waals surface area (Å²) in [6, 6.07) is 13.8. The molecule has 0 amide bonds. The highest BCUT2D eigenvalue weighted by Crippen LogP contribution is 2.19. The second kappa shape index (κ2) is 6.38. The lowest BCUT2D eigenvalue weighted by Crippen LogP contribution is -2.13. The molecular weight excluding hydrogens is 248 g/mol. The molecule has 0 radical (unpaired) electrons. The molecule has 0 unspecified atom stereocenters. The molecule has 0 heterocycles. The SMILES string of the molecule is CCc1ccccc1OCC(=O)c1cc(C)ccc1C. The number of carbonyl (C=O) groups excluding carboxylic acids is 1. The molecule has 0 saturated heterocycles. The summed E-state index contributed by atoms with van der Waals surface area (Å²) in [5, 5.41) is 0. The third kappa shape index (κ3) is 3.27. The Morgan fingerprint density at radius 1 is 1.10 bits per heavy atom. The van der Waals surface area contributed by atoms with Crippen LogP contribution >= 0.6 is 0 Å². The van der Waals surface area contributed by atoms with Crippen molar-refractivity contribution in [1.29, 1.82) is 0 Å². The van der Waals surface area contributed by atoms with Crippen molar-refractivity contribution in [2.75, 3.05) is 6.61 Å². The number of hydrogen-bond acceptors (Lipinski definition) is 2. The van der Waals surface area contributed by atoms with Gasteiger partial charge < -0.3 is 4.74 Å². The molecule has 0 fully saturated rings. The van der Waals surface area contributed by atoms with Crippen LogP contribution in [-0.2, 0) is 6.42 Å². The molecule has 0 spiro atoms. The lowest BCUT2D eigenvalue weighted by molar-refractivity contribution is 0.0920. The Hall–Kier alpha value is -2.09. The maximum atomic E-state index is 12.3. The summed E-state index contributed by atoms with van der Waals surface area (Å²) in [6.45, 7) is 6.10. The van der Waals surface area contributed by atoms with Crippen LogP contribution in [0.3, 0.4) is 0 Å². The molecule has 0 aliphatic rings. The summed E-state index contributed by atoms with van der Waals surface area (Å²) in [7, 11) is 0. The molecule has 0 atom stereocenters. The minimum atomic E-state index is 0.0251. The Morgan fingerprint density at radius 2 is 1.85 bits per heavy atom. The first-order valence-electron chi connectivity index (χ1n) is 6.93. The van der Waals surface area contributed by atoms with Gasteiger partial charge in [0.2, 0.25) is 0 Å². The van der Waals surface area contributed by atoms with Crippen LogP contribution in [0.2, 0.25) is 0 Å². The van der Waals surface area contributed by atoms with Crippen LogP contribution in [0, 0.1) is 13.8 Å². The average Bonchev–Trinajstić information content (AvgIpc) is 2.47. The largest absolute Gasteiger partial charge is 0.485 e. The van der Waals surface area contributed by atoms with Gasteiger partial charge in [-0.25, -0.2) is 0 Å². The van der Waals surface area contributed by atoms with Gasteiger partial charge in [-0.2, -0.15) is 0 Å². The summed E-state index contributed by atoms with van der Waals surface area (Å²) in [5.41, 5.74) is 3.96. The fourth-order valence-corrected chi connectivity index (χ4v) is 2.19. The third-order valence-corrected chi connectivity index (χ3v) is 3.41. The predicted molar refractivity (Wildman–Crippen MR) is 81.6 cm³/mol. The number of hydrogen-bond donors (Lipinski definition) is 0. The van der Waals surface area contributed by atoms with Crippen LogP contribution in [0.1, 0.15) is 34.0 Å². The van der Waals surface area contributed by atoms with E-state index in [-0.39, 0.29) is 12.4 Å². The summed E-state index contributed by atoms with van der Waals surface area (Å²) >= 11 is 0. The van der Waals surface area contributed by atoms with Crippen LogP contribution in [0.4, 0.5) is 0 Å². The number of para-hydroxylation sites is 1. The normalized spacial score (nSPS) is 10.3. The van der Waals surface area contributed by atoms with Gasteiger partial charge in [-0.1, -0.05) is 42.8 Å². The zero-order valence-corrected chi connectivity index (χ0v) is 12.3. The number of Topliss-reactive ketones (excluding diaryl/α,β-unsaturated/α-hetero) is 1. The molecular formula is C18H20O2. The first-order chi connectivity index (χ1) is 9.61. The van der Waals surface area contributed by atoms with E-state index in [0.717, 1.165) is 34.4 Å². The van der Waals surface area contributed by atoms with Crippen molar-refractivity contribution >= 4 is 5.78 Å². The molecule has 0 bridgehead atoms. The van der Waals surface area contributed by atoms with Crippen LogP contribution in [0.15, 0.2) is 42.5 Å². The Bertz CT molecular complexity index is 615. The van der Waals surface area contributed by atoms with E-state index in [2.05, 4.69) is 6.92 Å². The fourth-order valence-electron chi connectivity index (χ4n) is 2.19. The van der Waals surface area contributed by atoms with E-state index in [1.165, 1.54) is 0 Å². The van der Waals surface area contributed by atoms with Crippen molar-refractivity contribution in [3.8, 4) is 5.75 Å². The molecule has 0 aromatic heterocycles. The number of aryl methyl sites for hydroxylation is 3.